The molecule has 1 aromatic carbocycles. The van der Waals surface area contributed by atoms with Gasteiger partial charge in [0.15, 0.2) is 0 Å². The van der Waals surface area contributed by atoms with Gasteiger partial charge >= 0.3 is 0 Å². The zero-order valence-corrected chi connectivity index (χ0v) is 15.2. The summed E-state index contributed by atoms with van der Waals surface area (Å²) in [7, 11) is 0. The summed E-state index contributed by atoms with van der Waals surface area (Å²) in [5.41, 5.74) is 1.45. The third kappa shape index (κ3) is 4.62. The Balaban J connectivity index is 1.16. The number of rotatable bonds is 5. The predicted molar refractivity (Wildman–Crippen MR) is 101 cm³/mol. The Kier molecular flexibility index (Phi) is 5.37. The summed E-state index contributed by atoms with van der Waals surface area (Å²) in [5.74, 6) is 0.885. The highest BCUT2D eigenvalue weighted by Gasteiger charge is 2.32. The molecule has 0 spiro atoms. The van der Waals surface area contributed by atoms with Gasteiger partial charge in [0.25, 0.3) is 0 Å². The number of hydrogen-bond acceptors (Lipinski definition) is 3. The van der Waals surface area contributed by atoms with Gasteiger partial charge in [-0.25, -0.2) is 0 Å². The number of benzene rings is 1. The summed E-state index contributed by atoms with van der Waals surface area (Å²) in [5, 5.41) is 3.28. The molecule has 0 radical (unpaired) electrons. The van der Waals surface area contributed by atoms with Crippen LogP contribution >= 0.6 is 0 Å². The summed E-state index contributed by atoms with van der Waals surface area (Å²) >= 11 is 0. The van der Waals surface area contributed by atoms with Gasteiger partial charge in [0.1, 0.15) is 0 Å². The number of carbonyl (C=O) groups is 1. The number of nitrogens with zero attached hydrogens (tertiary/aromatic N) is 2. The summed E-state index contributed by atoms with van der Waals surface area (Å²) in [6, 6.07) is 12.1. The van der Waals surface area contributed by atoms with E-state index in [0.717, 1.165) is 57.9 Å². The molecule has 0 unspecified atom stereocenters. The Labute approximate surface area is 151 Å². The molecule has 3 aliphatic rings. The van der Waals surface area contributed by atoms with Crippen LogP contribution in [-0.4, -0.2) is 60.5 Å². The largest absolute Gasteiger partial charge is 0.352 e. The van der Waals surface area contributed by atoms with Crippen LogP contribution < -0.4 is 5.32 Å². The van der Waals surface area contributed by atoms with Crippen LogP contribution in [0.1, 0.15) is 50.0 Å². The first kappa shape index (κ1) is 17.0. The number of hydrogen-bond donors (Lipinski definition) is 1. The molecule has 2 heterocycles. The van der Waals surface area contributed by atoms with E-state index in [0.29, 0.717) is 18.5 Å². The lowest BCUT2D eigenvalue weighted by Crippen LogP contribution is -2.48. The number of amides is 1. The summed E-state index contributed by atoms with van der Waals surface area (Å²) in [4.78, 5) is 17.3. The summed E-state index contributed by atoms with van der Waals surface area (Å²) in [6.45, 7) is 4.97. The van der Waals surface area contributed by atoms with Gasteiger partial charge in [-0.1, -0.05) is 30.3 Å². The minimum Gasteiger partial charge on any atom is -0.352 e. The maximum Gasteiger partial charge on any atom is 0.234 e. The van der Waals surface area contributed by atoms with E-state index in [9.17, 15) is 4.79 Å². The van der Waals surface area contributed by atoms with E-state index >= 15 is 0 Å². The molecule has 4 nitrogen and oxygen atoms in total. The van der Waals surface area contributed by atoms with Crippen molar-refractivity contribution in [2.75, 3.05) is 32.7 Å². The fourth-order valence-electron chi connectivity index (χ4n) is 4.47. The van der Waals surface area contributed by atoms with Crippen LogP contribution in [0.2, 0.25) is 0 Å². The molecule has 25 heavy (non-hydrogen) atoms. The fourth-order valence-corrected chi connectivity index (χ4v) is 4.47. The zero-order chi connectivity index (χ0) is 17.1. The van der Waals surface area contributed by atoms with E-state index in [1.807, 2.05) is 0 Å². The van der Waals surface area contributed by atoms with Crippen LogP contribution in [0.5, 0.6) is 0 Å². The SMILES string of the molecule is O=C(CN1CCC(c2ccccc2)CC1)NC1CCN(C2CC2)CC1. The third-order valence-electron chi connectivity index (χ3n) is 6.18. The highest BCUT2D eigenvalue weighted by atomic mass is 16.2. The Morgan fingerprint density at radius 2 is 1.60 bits per heavy atom. The first-order valence-corrected chi connectivity index (χ1v) is 10.1. The van der Waals surface area contributed by atoms with Crippen LogP contribution in [0.4, 0.5) is 0 Å². The van der Waals surface area contributed by atoms with Crippen molar-refractivity contribution in [2.45, 2.75) is 56.5 Å². The zero-order valence-electron chi connectivity index (χ0n) is 15.2. The Hall–Kier alpha value is -1.39. The molecule has 2 saturated heterocycles. The second-order valence-corrected chi connectivity index (χ2v) is 8.07. The molecule has 136 valence electrons. The van der Waals surface area contributed by atoms with Crippen molar-refractivity contribution in [3.05, 3.63) is 35.9 Å². The van der Waals surface area contributed by atoms with E-state index in [-0.39, 0.29) is 5.91 Å². The number of piperidine rings is 2. The lowest BCUT2D eigenvalue weighted by molar-refractivity contribution is -0.123. The molecule has 0 atom stereocenters. The highest BCUT2D eigenvalue weighted by Crippen LogP contribution is 2.29. The predicted octanol–water partition coefficient (Wildman–Crippen LogP) is 2.61. The second-order valence-electron chi connectivity index (χ2n) is 8.07. The van der Waals surface area contributed by atoms with E-state index in [1.54, 1.807) is 0 Å². The molecule has 1 saturated carbocycles. The molecule has 4 rings (SSSR count). The van der Waals surface area contributed by atoms with E-state index < -0.39 is 0 Å². The number of nitrogens with one attached hydrogen (secondary N) is 1. The van der Waals surface area contributed by atoms with Crippen molar-refractivity contribution in [1.82, 2.24) is 15.1 Å². The molecule has 1 aliphatic carbocycles. The second kappa shape index (κ2) is 7.88. The normalized spacial score (nSPS) is 24.3. The van der Waals surface area contributed by atoms with Crippen molar-refractivity contribution in [3.8, 4) is 0 Å². The Morgan fingerprint density at radius 3 is 2.24 bits per heavy atom. The van der Waals surface area contributed by atoms with Crippen LogP contribution in [0.3, 0.4) is 0 Å². The van der Waals surface area contributed by atoms with Gasteiger partial charge in [0.05, 0.1) is 6.54 Å². The molecule has 0 bridgehead atoms. The van der Waals surface area contributed by atoms with Crippen molar-refractivity contribution in [2.24, 2.45) is 0 Å². The lowest BCUT2D eigenvalue weighted by Gasteiger charge is -2.34. The van der Waals surface area contributed by atoms with E-state index in [4.69, 9.17) is 0 Å². The first-order valence-electron chi connectivity index (χ1n) is 10.1. The van der Waals surface area contributed by atoms with Gasteiger partial charge in [-0.3, -0.25) is 9.69 Å². The Bertz CT molecular complexity index is 556. The fraction of sp³-hybridized carbons (Fsp3) is 0.667. The molecule has 1 amide bonds. The maximum atomic E-state index is 12.4. The standard InChI is InChI=1S/C21H31N3O/c25-21(22-19-10-14-24(15-11-19)20-6-7-20)16-23-12-8-18(9-13-23)17-4-2-1-3-5-17/h1-5,18-20H,6-16H2,(H,22,25). The van der Waals surface area contributed by atoms with E-state index in [2.05, 4.69) is 45.4 Å². The number of carbonyl (C=O) groups excluding carboxylic acids is 1. The van der Waals surface area contributed by atoms with Gasteiger partial charge in [-0.05, 0) is 63.1 Å². The van der Waals surface area contributed by atoms with Gasteiger partial charge in [-0.15, -0.1) is 0 Å². The van der Waals surface area contributed by atoms with Crippen molar-refractivity contribution >= 4 is 5.91 Å². The summed E-state index contributed by atoms with van der Waals surface area (Å²) < 4.78 is 0. The number of likely N-dealkylation sites (tertiary alicyclic amines) is 2. The lowest BCUT2D eigenvalue weighted by atomic mass is 9.89. The molecule has 2 aliphatic heterocycles. The van der Waals surface area contributed by atoms with Gasteiger partial charge in [0.2, 0.25) is 5.91 Å². The van der Waals surface area contributed by atoms with E-state index in [1.165, 1.54) is 18.4 Å². The van der Waals surface area contributed by atoms with Crippen molar-refractivity contribution in [1.29, 1.82) is 0 Å². The average molecular weight is 341 g/mol. The van der Waals surface area contributed by atoms with Crippen LogP contribution in [-0.2, 0) is 4.79 Å². The minimum absolute atomic E-state index is 0.225. The van der Waals surface area contributed by atoms with Gasteiger partial charge in [0, 0.05) is 25.2 Å². The molecule has 1 N–H and O–H groups in total. The van der Waals surface area contributed by atoms with Gasteiger partial charge in [-0.2, -0.15) is 0 Å². The minimum atomic E-state index is 0.225. The monoisotopic (exact) mass is 341 g/mol. The topological polar surface area (TPSA) is 35.6 Å². The van der Waals surface area contributed by atoms with Crippen molar-refractivity contribution < 1.29 is 4.79 Å². The first-order chi connectivity index (χ1) is 12.3. The molecule has 1 aromatic rings. The molecule has 0 aromatic heterocycles. The molecular formula is C21H31N3O. The quantitative estimate of drug-likeness (QED) is 0.894. The smallest absolute Gasteiger partial charge is 0.234 e. The maximum absolute atomic E-state index is 12.4. The summed E-state index contributed by atoms with van der Waals surface area (Å²) in [6.07, 6.45) is 7.34. The third-order valence-corrected chi connectivity index (χ3v) is 6.18. The van der Waals surface area contributed by atoms with Crippen molar-refractivity contribution in [3.63, 3.8) is 0 Å². The molecule has 4 heteroatoms. The van der Waals surface area contributed by atoms with Crippen LogP contribution in [0.25, 0.3) is 0 Å². The Morgan fingerprint density at radius 1 is 0.920 bits per heavy atom. The van der Waals surface area contributed by atoms with Crippen LogP contribution in [0.15, 0.2) is 30.3 Å². The highest BCUT2D eigenvalue weighted by molar-refractivity contribution is 5.78. The average Bonchev–Trinajstić information content (AvgIpc) is 3.49. The van der Waals surface area contributed by atoms with Crippen LogP contribution in [0, 0.1) is 0 Å². The van der Waals surface area contributed by atoms with Gasteiger partial charge < -0.3 is 10.2 Å². The molecular weight excluding hydrogens is 310 g/mol. The molecule has 3 fully saturated rings.